The molecule has 2 atom stereocenters. The number of benzene rings is 1. The minimum absolute atomic E-state index is 0.0278. The standard InChI is InChI=1S/C13H15BrF3NO/c1-8(19)9-4-5-18(7-9)12-6-10(14)2-3-11(12)13(15,16)17/h2-3,6,8-9,19H,4-5,7H2,1H3. The van der Waals surface area contributed by atoms with Crippen LogP contribution >= 0.6 is 15.9 Å². The van der Waals surface area contributed by atoms with Crippen LogP contribution in [0.5, 0.6) is 0 Å². The van der Waals surface area contributed by atoms with Crippen molar-refractivity contribution in [3.63, 3.8) is 0 Å². The molecule has 1 aromatic rings. The first kappa shape index (κ1) is 14.7. The SMILES string of the molecule is CC(O)C1CCN(c2cc(Br)ccc2C(F)(F)F)C1. The summed E-state index contributed by atoms with van der Waals surface area (Å²) >= 11 is 3.21. The number of nitrogens with zero attached hydrogens (tertiary/aromatic N) is 1. The molecule has 2 rings (SSSR count). The first-order chi connectivity index (χ1) is 8.79. The van der Waals surface area contributed by atoms with Gasteiger partial charge in [0.25, 0.3) is 0 Å². The summed E-state index contributed by atoms with van der Waals surface area (Å²) in [6, 6.07) is 3.98. The summed E-state index contributed by atoms with van der Waals surface area (Å²) in [5, 5.41) is 9.54. The van der Waals surface area contributed by atoms with E-state index in [-0.39, 0.29) is 11.6 Å². The highest BCUT2D eigenvalue weighted by Crippen LogP contribution is 2.39. The monoisotopic (exact) mass is 337 g/mol. The Balaban J connectivity index is 2.32. The van der Waals surface area contributed by atoms with E-state index in [1.807, 2.05) is 0 Å². The van der Waals surface area contributed by atoms with Gasteiger partial charge in [0.05, 0.1) is 17.4 Å². The van der Waals surface area contributed by atoms with Crippen molar-refractivity contribution in [2.75, 3.05) is 18.0 Å². The summed E-state index contributed by atoms with van der Waals surface area (Å²) in [7, 11) is 0. The second-order valence-corrected chi connectivity index (χ2v) is 5.81. The van der Waals surface area contributed by atoms with Crippen LogP contribution in [0.1, 0.15) is 18.9 Å². The summed E-state index contributed by atoms with van der Waals surface area (Å²) in [5.41, 5.74) is -0.438. The number of hydrogen-bond donors (Lipinski definition) is 1. The molecule has 106 valence electrons. The molecule has 0 amide bonds. The topological polar surface area (TPSA) is 23.5 Å². The van der Waals surface area contributed by atoms with Gasteiger partial charge in [-0.1, -0.05) is 15.9 Å². The van der Waals surface area contributed by atoms with Crippen LogP contribution in [0.2, 0.25) is 0 Å². The smallest absolute Gasteiger partial charge is 0.393 e. The first-order valence-electron chi connectivity index (χ1n) is 6.09. The minimum atomic E-state index is -4.36. The van der Waals surface area contributed by atoms with Crippen LogP contribution in [-0.4, -0.2) is 24.3 Å². The summed E-state index contributed by atoms with van der Waals surface area (Å²) in [5.74, 6) is 0.0278. The number of alkyl halides is 3. The molecule has 2 unspecified atom stereocenters. The predicted octanol–water partition coefficient (Wildman–Crippen LogP) is 3.68. The Bertz CT molecular complexity index is 462. The van der Waals surface area contributed by atoms with Crippen molar-refractivity contribution in [3.05, 3.63) is 28.2 Å². The zero-order chi connectivity index (χ0) is 14.2. The van der Waals surface area contributed by atoms with Crippen LogP contribution in [0.4, 0.5) is 18.9 Å². The van der Waals surface area contributed by atoms with Crippen LogP contribution in [0, 0.1) is 5.92 Å². The van der Waals surface area contributed by atoms with E-state index in [0.717, 1.165) is 6.07 Å². The zero-order valence-corrected chi connectivity index (χ0v) is 12.0. The maximum atomic E-state index is 13.0. The molecule has 1 aromatic carbocycles. The van der Waals surface area contributed by atoms with E-state index in [0.29, 0.717) is 24.0 Å². The molecule has 0 aliphatic carbocycles. The van der Waals surface area contributed by atoms with Crippen LogP contribution in [0.25, 0.3) is 0 Å². The maximum absolute atomic E-state index is 13.0. The fourth-order valence-corrected chi connectivity index (χ4v) is 2.76. The summed E-state index contributed by atoms with van der Waals surface area (Å²) in [6.07, 6.45) is -4.15. The molecule has 0 saturated carbocycles. The largest absolute Gasteiger partial charge is 0.418 e. The van der Waals surface area contributed by atoms with Crippen LogP contribution in [-0.2, 0) is 6.18 Å². The quantitative estimate of drug-likeness (QED) is 0.889. The highest BCUT2D eigenvalue weighted by Gasteiger charge is 2.37. The Morgan fingerprint density at radius 1 is 1.42 bits per heavy atom. The third-order valence-electron chi connectivity index (χ3n) is 3.51. The molecule has 0 radical (unpaired) electrons. The lowest BCUT2D eigenvalue weighted by molar-refractivity contribution is -0.137. The Hall–Kier alpha value is -0.750. The van der Waals surface area contributed by atoms with Gasteiger partial charge in [0.15, 0.2) is 0 Å². The van der Waals surface area contributed by atoms with E-state index in [2.05, 4.69) is 15.9 Å². The molecule has 1 heterocycles. The molecule has 0 bridgehead atoms. The van der Waals surface area contributed by atoms with Gasteiger partial charge in [-0.15, -0.1) is 0 Å². The molecule has 19 heavy (non-hydrogen) atoms. The zero-order valence-electron chi connectivity index (χ0n) is 10.4. The third kappa shape index (κ3) is 3.23. The molecule has 2 nitrogen and oxygen atoms in total. The van der Waals surface area contributed by atoms with Gasteiger partial charge in [0.2, 0.25) is 0 Å². The van der Waals surface area contributed by atoms with E-state index < -0.39 is 17.8 Å². The van der Waals surface area contributed by atoms with Gasteiger partial charge in [0, 0.05) is 23.5 Å². The molecule has 6 heteroatoms. The number of halogens is 4. The predicted molar refractivity (Wildman–Crippen MR) is 71.1 cm³/mol. The molecular weight excluding hydrogens is 323 g/mol. The van der Waals surface area contributed by atoms with Crippen molar-refractivity contribution in [1.82, 2.24) is 0 Å². The van der Waals surface area contributed by atoms with Crippen molar-refractivity contribution < 1.29 is 18.3 Å². The second kappa shape index (κ2) is 5.32. The number of aliphatic hydroxyl groups excluding tert-OH is 1. The third-order valence-corrected chi connectivity index (χ3v) is 4.01. The van der Waals surface area contributed by atoms with Crippen molar-refractivity contribution in [1.29, 1.82) is 0 Å². The van der Waals surface area contributed by atoms with Crippen LogP contribution < -0.4 is 4.90 Å². The number of anilines is 1. The van der Waals surface area contributed by atoms with Gasteiger partial charge in [-0.3, -0.25) is 0 Å². The van der Waals surface area contributed by atoms with Crippen LogP contribution in [0.15, 0.2) is 22.7 Å². The number of aliphatic hydroxyl groups is 1. The Kier molecular flexibility index (Phi) is 4.11. The first-order valence-corrected chi connectivity index (χ1v) is 6.88. The van der Waals surface area contributed by atoms with E-state index in [1.54, 1.807) is 11.8 Å². The Morgan fingerprint density at radius 2 is 2.11 bits per heavy atom. The van der Waals surface area contributed by atoms with Gasteiger partial charge in [-0.05, 0) is 31.5 Å². The molecule has 0 spiro atoms. The van der Waals surface area contributed by atoms with Gasteiger partial charge in [-0.25, -0.2) is 0 Å². The van der Waals surface area contributed by atoms with Gasteiger partial charge < -0.3 is 10.0 Å². The number of rotatable bonds is 2. The maximum Gasteiger partial charge on any atom is 0.418 e. The lowest BCUT2D eigenvalue weighted by Gasteiger charge is -2.24. The molecule has 1 saturated heterocycles. The van der Waals surface area contributed by atoms with Crippen molar-refractivity contribution in [2.45, 2.75) is 25.6 Å². The molecule has 1 aliphatic rings. The summed E-state index contributed by atoms with van der Waals surface area (Å²) < 4.78 is 39.6. The second-order valence-electron chi connectivity index (χ2n) is 4.89. The van der Waals surface area contributed by atoms with E-state index in [9.17, 15) is 18.3 Å². The highest BCUT2D eigenvalue weighted by atomic mass is 79.9. The van der Waals surface area contributed by atoms with E-state index >= 15 is 0 Å². The van der Waals surface area contributed by atoms with Crippen molar-refractivity contribution >= 4 is 21.6 Å². The van der Waals surface area contributed by atoms with Gasteiger partial charge in [-0.2, -0.15) is 13.2 Å². The lowest BCUT2D eigenvalue weighted by Crippen LogP contribution is -2.26. The minimum Gasteiger partial charge on any atom is -0.393 e. The average Bonchev–Trinajstić information content (AvgIpc) is 2.76. The summed E-state index contributed by atoms with van der Waals surface area (Å²) in [4.78, 5) is 1.70. The fourth-order valence-electron chi connectivity index (χ4n) is 2.41. The molecule has 1 fully saturated rings. The molecule has 1 aliphatic heterocycles. The summed E-state index contributed by atoms with van der Waals surface area (Å²) in [6.45, 7) is 2.67. The number of hydrogen-bond acceptors (Lipinski definition) is 2. The molecular formula is C13H15BrF3NO. The molecule has 0 aromatic heterocycles. The Morgan fingerprint density at radius 3 is 2.63 bits per heavy atom. The lowest BCUT2D eigenvalue weighted by atomic mass is 10.0. The fraction of sp³-hybridized carbons (Fsp3) is 0.538. The van der Waals surface area contributed by atoms with E-state index in [1.165, 1.54) is 12.1 Å². The van der Waals surface area contributed by atoms with E-state index in [4.69, 9.17) is 0 Å². The highest BCUT2D eigenvalue weighted by molar-refractivity contribution is 9.10. The average molecular weight is 338 g/mol. The normalized spacial score (nSPS) is 21.8. The van der Waals surface area contributed by atoms with Gasteiger partial charge >= 0.3 is 6.18 Å². The molecule has 1 N–H and O–H groups in total. The van der Waals surface area contributed by atoms with Crippen molar-refractivity contribution in [3.8, 4) is 0 Å². The van der Waals surface area contributed by atoms with Gasteiger partial charge in [0.1, 0.15) is 0 Å². The van der Waals surface area contributed by atoms with Crippen molar-refractivity contribution in [2.24, 2.45) is 5.92 Å². The van der Waals surface area contributed by atoms with Crippen LogP contribution in [0.3, 0.4) is 0 Å². The Labute approximate surface area is 118 Å².